The Bertz CT molecular complexity index is 542. The Balaban J connectivity index is 2.19. The molecule has 1 fully saturated rings. The van der Waals surface area contributed by atoms with Crippen LogP contribution in [0.25, 0.3) is 0 Å². The van der Waals surface area contributed by atoms with Crippen molar-refractivity contribution in [2.45, 2.75) is 26.7 Å². The molecule has 0 spiro atoms. The van der Waals surface area contributed by atoms with Gasteiger partial charge in [-0.15, -0.1) is 0 Å². The zero-order valence-electron chi connectivity index (χ0n) is 11.1. The minimum absolute atomic E-state index is 0.0264. The van der Waals surface area contributed by atoms with Crippen molar-refractivity contribution >= 4 is 11.4 Å². The molecule has 2 rings (SSSR count). The highest BCUT2D eigenvalue weighted by atomic mass is 16.6. The standard InChI is InChI=1S/C14H17N3O2/c1-10(2)14(5-6-14)9-16-12-7-11(8-15)3-4-13(12)17(18)19/h3-4,7,10,16H,5-6,9H2,1-2H3. The maximum Gasteiger partial charge on any atom is 0.292 e. The second-order valence-electron chi connectivity index (χ2n) is 5.47. The first-order valence-corrected chi connectivity index (χ1v) is 6.41. The predicted octanol–water partition coefficient (Wildman–Crippen LogP) is 3.31. The lowest BCUT2D eigenvalue weighted by Gasteiger charge is -2.20. The van der Waals surface area contributed by atoms with Crippen molar-refractivity contribution < 1.29 is 4.92 Å². The Labute approximate surface area is 112 Å². The van der Waals surface area contributed by atoms with E-state index in [2.05, 4.69) is 19.2 Å². The molecule has 0 aromatic heterocycles. The van der Waals surface area contributed by atoms with E-state index >= 15 is 0 Å². The molecule has 0 bridgehead atoms. The Hall–Kier alpha value is -2.09. The summed E-state index contributed by atoms with van der Waals surface area (Å²) in [6.45, 7) is 5.07. The SMILES string of the molecule is CC(C)C1(CNc2cc(C#N)ccc2[N+](=O)[O-])CC1. The molecular formula is C14H17N3O2. The zero-order valence-corrected chi connectivity index (χ0v) is 11.1. The van der Waals surface area contributed by atoms with Crippen molar-refractivity contribution in [1.29, 1.82) is 5.26 Å². The summed E-state index contributed by atoms with van der Waals surface area (Å²) < 4.78 is 0. The summed E-state index contributed by atoms with van der Waals surface area (Å²) in [6, 6.07) is 6.41. The summed E-state index contributed by atoms with van der Waals surface area (Å²) in [4.78, 5) is 10.6. The number of hydrogen-bond donors (Lipinski definition) is 1. The van der Waals surface area contributed by atoms with Crippen LogP contribution in [-0.2, 0) is 0 Å². The van der Waals surface area contributed by atoms with Gasteiger partial charge in [-0.05, 0) is 36.3 Å². The van der Waals surface area contributed by atoms with Gasteiger partial charge < -0.3 is 5.32 Å². The molecular weight excluding hydrogens is 242 g/mol. The number of nitriles is 1. The molecule has 1 aromatic carbocycles. The maximum absolute atomic E-state index is 11.0. The van der Waals surface area contributed by atoms with Crippen molar-refractivity contribution in [1.82, 2.24) is 0 Å². The number of rotatable bonds is 5. The van der Waals surface area contributed by atoms with Crippen molar-refractivity contribution in [2.75, 3.05) is 11.9 Å². The average Bonchev–Trinajstić information content (AvgIpc) is 3.17. The molecule has 0 aliphatic heterocycles. The Morgan fingerprint density at radius 3 is 2.68 bits per heavy atom. The lowest BCUT2D eigenvalue weighted by atomic mass is 9.92. The molecule has 1 aliphatic carbocycles. The van der Waals surface area contributed by atoms with Gasteiger partial charge in [-0.2, -0.15) is 5.26 Å². The molecule has 0 heterocycles. The quantitative estimate of drug-likeness (QED) is 0.649. The van der Waals surface area contributed by atoms with Crippen molar-refractivity contribution in [3.63, 3.8) is 0 Å². The monoisotopic (exact) mass is 259 g/mol. The first-order valence-electron chi connectivity index (χ1n) is 6.41. The van der Waals surface area contributed by atoms with Crippen LogP contribution in [0.15, 0.2) is 18.2 Å². The number of nitro benzene ring substituents is 1. The third-order valence-corrected chi connectivity index (χ3v) is 4.07. The minimum Gasteiger partial charge on any atom is -0.379 e. The molecule has 1 N–H and O–H groups in total. The van der Waals surface area contributed by atoms with Gasteiger partial charge in [0, 0.05) is 12.6 Å². The first kappa shape index (κ1) is 13.3. The lowest BCUT2D eigenvalue weighted by molar-refractivity contribution is -0.384. The molecule has 0 saturated heterocycles. The van der Waals surface area contributed by atoms with E-state index in [-0.39, 0.29) is 11.1 Å². The summed E-state index contributed by atoms with van der Waals surface area (Å²) in [5.74, 6) is 0.554. The molecule has 1 aromatic rings. The summed E-state index contributed by atoms with van der Waals surface area (Å²) in [5.41, 5.74) is 1.16. The molecule has 19 heavy (non-hydrogen) atoms. The van der Waals surface area contributed by atoms with Crippen LogP contribution in [-0.4, -0.2) is 11.5 Å². The van der Waals surface area contributed by atoms with E-state index < -0.39 is 4.92 Å². The molecule has 0 atom stereocenters. The summed E-state index contributed by atoms with van der Waals surface area (Å²) in [5, 5.41) is 23.0. The maximum atomic E-state index is 11.0. The topological polar surface area (TPSA) is 79.0 Å². The van der Waals surface area contributed by atoms with Crippen LogP contribution in [0.4, 0.5) is 11.4 Å². The Kier molecular flexibility index (Phi) is 3.43. The molecule has 5 nitrogen and oxygen atoms in total. The van der Waals surface area contributed by atoms with E-state index in [0.717, 1.165) is 19.4 Å². The van der Waals surface area contributed by atoms with Gasteiger partial charge in [-0.1, -0.05) is 13.8 Å². The largest absolute Gasteiger partial charge is 0.379 e. The highest BCUT2D eigenvalue weighted by molar-refractivity contribution is 5.64. The van der Waals surface area contributed by atoms with Gasteiger partial charge in [-0.25, -0.2) is 0 Å². The van der Waals surface area contributed by atoms with Crippen LogP contribution < -0.4 is 5.32 Å². The third-order valence-electron chi connectivity index (χ3n) is 4.07. The molecule has 5 heteroatoms. The van der Waals surface area contributed by atoms with Crippen LogP contribution in [0, 0.1) is 32.8 Å². The molecule has 0 radical (unpaired) electrons. The molecule has 1 aliphatic rings. The Morgan fingerprint density at radius 1 is 1.53 bits per heavy atom. The summed E-state index contributed by atoms with van der Waals surface area (Å²) in [7, 11) is 0. The zero-order chi connectivity index (χ0) is 14.0. The van der Waals surface area contributed by atoms with Gasteiger partial charge in [0.2, 0.25) is 0 Å². The van der Waals surface area contributed by atoms with E-state index in [1.807, 2.05) is 6.07 Å². The summed E-state index contributed by atoms with van der Waals surface area (Å²) in [6.07, 6.45) is 2.31. The van der Waals surface area contributed by atoms with E-state index in [1.165, 1.54) is 12.1 Å². The van der Waals surface area contributed by atoms with Gasteiger partial charge >= 0.3 is 0 Å². The molecule has 0 unspecified atom stereocenters. The van der Waals surface area contributed by atoms with Gasteiger partial charge in [0.25, 0.3) is 5.69 Å². The normalized spacial score (nSPS) is 15.9. The van der Waals surface area contributed by atoms with Crippen LogP contribution in [0.1, 0.15) is 32.3 Å². The van der Waals surface area contributed by atoms with E-state index in [4.69, 9.17) is 5.26 Å². The third kappa shape index (κ3) is 2.68. The van der Waals surface area contributed by atoms with E-state index in [9.17, 15) is 10.1 Å². The number of nitrogens with one attached hydrogen (secondary N) is 1. The smallest absolute Gasteiger partial charge is 0.292 e. The first-order chi connectivity index (χ1) is 8.98. The minimum atomic E-state index is -0.418. The highest BCUT2D eigenvalue weighted by Crippen LogP contribution is 2.51. The molecule has 0 amide bonds. The number of anilines is 1. The van der Waals surface area contributed by atoms with Crippen LogP contribution in [0.2, 0.25) is 0 Å². The average molecular weight is 259 g/mol. The van der Waals surface area contributed by atoms with Crippen LogP contribution >= 0.6 is 0 Å². The number of hydrogen-bond acceptors (Lipinski definition) is 4. The van der Waals surface area contributed by atoms with Crippen LogP contribution in [0.3, 0.4) is 0 Å². The van der Waals surface area contributed by atoms with Crippen molar-refractivity contribution in [3.8, 4) is 6.07 Å². The Morgan fingerprint density at radius 2 is 2.21 bits per heavy atom. The van der Waals surface area contributed by atoms with Gasteiger partial charge in [-0.3, -0.25) is 10.1 Å². The van der Waals surface area contributed by atoms with Gasteiger partial charge in [0.1, 0.15) is 5.69 Å². The molecule has 100 valence electrons. The second-order valence-corrected chi connectivity index (χ2v) is 5.47. The van der Waals surface area contributed by atoms with E-state index in [1.54, 1.807) is 6.07 Å². The van der Waals surface area contributed by atoms with Crippen molar-refractivity contribution in [3.05, 3.63) is 33.9 Å². The van der Waals surface area contributed by atoms with Crippen molar-refractivity contribution in [2.24, 2.45) is 11.3 Å². The number of nitro groups is 1. The van der Waals surface area contributed by atoms with Gasteiger partial charge in [0.05, 0.1) is 16.6 Å². The number of benzene rings is 1. The lowest BCUT2D eigenvalue weighted by Crippen LogP contribution is -2.21. The second kappa shape index (κ2) is 4.88. The highest BCUT2D eigenvalue weighted by Gasteiger charge is 2.45. The summed E-state index contributed by atoms with van der Waals surface area (Å²) >= 11 is 0. The number of nitrogens with zero attached hydrogens (tertiary/aromatic N) is 2. The van der Waals surface area contributed by atoms with Gasteiger partial charge in [0.15, 0.2) is 0 Å². The van der Waals surface area contributed by atoms with E-state index in [0.29, 0.717) is 17.2 Å². The fourth-order valence-corrected chi connectivity index (χ4v) is 2.30. The molecule has 1 saturated carbocycles. The predicted molar refractivity (Wildman–Crippen MR) is 72.8 cm³/mol. The fraction of sp³-hybridized carbons (Fsp3) is 0.500. The van der Waals surface area contributed by atoms with Crippen LogP contribution in [0.5, 0.6) is 0 Å². The fourth-order valence-electron chi connectivity index (χ4n) is 2.30.